The van der Waals surface area contributed by atoms with Gasteiger partial charge in [0.25, 0.3) is 0 Å². The van der Waals surface area contributed by atoms with Gasteiger partial charge < -0.3 is 15.4 Å². The van der Waals surface area contributed by atoms with Crippen LogP contribution in [-0.2, 0) is 11.4 Å². The Morgan fingerprint density at radius 3 is 2.75 bits per heavy atom. The fourth-order valence-corrected chi connectivity index (χ4v) is 1.89. The minimum absolute atomic E-state index is 0.106. The molecule has 1 aromatic carbocycles. The highest BCUT2D eigenvalue weighted by molar-refractivity contribution is 5.48. The highest BCUT2D eigenvalue weighted by atomic mass is 19.1. The standard InChI is InChI=1S/C12H17FN2O/c13-7-10-1-3-11(4-2-10)15-5-6-16-12(8-14)9-15/h1-4,12H,5-9,14H2/t12-/m1/s1. The van der Waals surface area contributed by atoms with E-state index in [1.807, 2.05) is 24.3 Å². The number of nitrogens with zero attached hydrogens (tertiary/aromatic N) is 1. The molecule has 2 rings (SSSR count). The predicted octanol–water partition coefficient (Wildman–Crippen LogP) is 1.32. The zero-order chi connectivity index (χ0) is 11.4. The maximum absolute atomic E-state index is 12.4. The molecule has 0 aliphatic carbocycles. The van der Waals surface area contributed by atoms with Gasteiger partial charge in [0.1, 0.15) is 6.67 Å². The summed E-state index contributed by atoms with van der Waals surface area (Å²) in [5, 5.41) is 0. The maximum Gasteiger partial charge on any atom is 0.115 e. The first kappa shape index (κ1) is 11.4. The summed E-state index contributed by atoms with van der Waals surface area (Å²) in [6, 6.07) is 7.55. The molecule has 88 valence electrons. The molecule has 0 spiro atoms. The zero-order valence-electron chi connectivity index (χ0n) is 9.23. The Bertz CT molecular complexity index is 328. The van der Waals surface area contributed by atoms with Crippen LogP contribution in [0.15, 0.2) is 24.3 Å². The predicted molar refractivity (Wildman–Crippen MR) is 62.3 cm³/mol. The molecule has 1 aliphatic rings. The molecule has 3 nitrogen and oxygen atoms in total. The van der Waals surface area contributed by atoms with E-state index in [-0.39, 0.29) is 6.10 Å². The van der Waals surface area contributed by atoms with E-state index in [0.29, 0.717) is 18.7 Å². The average Bonchev–Trinajstić information content (AvgIpc) is 2.39. The first-order valence-electron chi connectivity index (χ1n) is 5.55. The number of morpholine rings is 1. The average molecular weight is 224 g/mol. The molecule has 0 aromatic heterocycles. The summed E-state index contributed by atoms with van der Waals surface area (Å²) in [4.78, 5) is 2.23. The number of rotatable bonds is 3. The second-order valence-corrected chi connectivity index (χ2v) is 3.97. The van der Waals surface area contributed by atoms with Crippen molar-refractivity contribution in [1.29, 1.82) is 0 Å². The van der Waals surface area contributed by atoms with Crippen molar-refractivity contribution < 1.29 is 9.13 Å². The Kier molecular flexibility index (Phi) is 3.74. The largest absolute Gasteiger partial charge is 0.373 e. The van der Waals surface area contributed by atoms with Crippen molar-refractivity contribution in [3.8, 4) is 0 Å². The third kappa shape index (κ3) is 2.51. The van der Waals surface area contributed by atoms with Gasteiger partial charge in [-0.1, -0.05) is 12.1 Å². The minimum Gasteiger partial charge on any atom is -0.373 e. The molecule has 0 radical (unpaired) electrons. The van der Waals surface area contributed by atoms with Gasteiger partial charge in [-0.25, -0.2) is 4.39 Å². The highest BCUT2D eigenvalue weighted by Gasteiger charge is 2.19. The van der Waals surface area contributed by atoms with E-state index < -0.39 is 6.67 Å². The quantitative estimate of drug-likeness (QED) is 0.841. The van der Waals surface area contributed by atoms with Gasteiger partial charge in [0.05, 0.1) is 12.7 Å². The van der Waals surface area contributed by atoms with Crippen LogP contribution in [0.5, 0.6) is 0 Å². The van der Waals surface area contributed by atoms with Crippen molar-refractivity contribution in [3.63, 3.8) is 0 Å². The van der Waals surface area contributed by atoms with E-state index >= 15 is 0 Å². The smallest absolute Gasteiger partial charge is 0.115 e. The molecule has 0 bridgehead atoms. The lowest BCUT2D eigenvalue weighted by atomic mass is 10.2. The van der Waals surface area contributed by atoms with Gasteiger partial charge >= 0.3 is 0 Å². The molecule has 4 heteroatoms. The fraction of sp³-hybridized carbons (Fsp3) is 0.500. The third-order valence-electron chi connectivity index (χ3n) is 2.86. The lowest BCUT2D eigenvalue weighted by Crippen LogP contribution is -2.45. The molecular weight excluding hydrogens is 207 g/mol. The normalized spacial score (nSPS) is 21.1. The van der Waals surface area contributed by atoms with E-state index in [1.165, 1.54) is 0 Å². The third-order valence-corrected chi connectivity index (χ3v) is 2.86. The maximum atomic E-state index is 12.4. The molecule has 0 saturated carbocycles. The molecule has 1 aromatic rings. The van der Waals surface area contributed by atoms with Gasteiger partial charge in [-0.05, 0) is 17.7 Å². The fourth-order valence-electron chi connectivity index (χ4n) is 1.89. The summed E-state index contributed by atoms with van der Waals surface area (Å²) >= 11 is 0. The molecule has 0 unspecified atom stereocenters. The van der Waals surface area contributed by atoms with Crippen LogP contribution < -0.4 is 10.6 Å². The second-order valence-electron chi connectivity index (χ2n) is 3.97. The first-order valence-corrected chi connectivity index (χ1v) is 5.55. The number of hydrogen-bond donors (Lipinski definition) is 1. The minimum atomic E-state index is -0.408. The first-order chi connectivity index (χ1) is 7.83. The van der Waals surface area contributed by atoms with Crippen LogP contribution in [0.4, 0.5) is 10.1 Å². The Balaban J connectivity index is 2.05. The Hall–Kier alpha value is -1.13. The molecule has 16 heavy (non-hydrogen) atoms. The van der Waals surface area contributed by atoms with Crippen LogP contribution in [-0.4, -0.2) is 32.3 Å². The number of halogens is 1. The van der Waals surface area contributed by atoms with Gasteiger partial charge in [-0.3, -0.25) is 0 Å². The van der Waals surface area contributed by atoms with Crippen molar-refractivity contribution in [2.24, 2.45) is 5.73 Å². The molecule has 1 saturated heterocycles. The SMILES string of the molecule is NC[C@@H]1CN(c2ccc(CF)cc2)CCO1. The molecular formula is C12H17FN2O. The van der Waals surface area contributed by atoms with Crippen LogP contribution in [0.2, 0.25) is 0 Å². The topological polar surface area (TPSA) is 38.5 Å². The number of alkyl halides is 1. The van der Waals surface area contributed by atoms with Crippen LogP contribution in [0, 0.1) is 0 Å². The molecule has 1 aliphatic heterocycles. The van der Waals surface area contributed by atoms with Crippen LogP contribution in [0.25, 0.3) is 0 Å². The van der Waals surface area contributed by atoms with E-state index in [0.717, 1.165) is 18.8 Å². The summed E-state index contributed by atoms with van der Waals surface area (Å²) in [7, 11) is 0. The molecule has 1 fully saturated rings. The Morgan fingerprint density at radius 2 is 2.12 bits per heavy atom. The molecule has 2 N–H and O–H groups in total. The van der Waals surface area contributed by atoms with Crippen LogP contribution >= 0.6 is 0 Å². The monoisotopic (exact) mass is 224 g/mol. The van der Waals surface area contributed by atoms with Crippen molar-refractivity contribution in [2.75, 3.05) is 31.1 Å². The summed E-state index contributed by atoms with van der Waals surface area (Å²) in [6.45, 7) is 2.51. The lowest BCUT2D eigenvalue weighted by molar-refractivity contribution is 0.0466. The van der Waals surface area contributed by atoms with Gasteiger partial charge in [0, 0.05) is 25.3 Å². The number of ether oxygens (including phenoxy) is 1. The second kappa shape index (κ2) is 5.27. The van der Waals surface area contributed by atoms with Crippen molar-refractivity contribution >= 4 is 5.69 Å². The number of anilines is 1. The number of benzene rings is 1. The van der Waals surface area contributed by atoms with Gasteiger partial charge in [0.15, 0.2) is 0 Å². The van der Waals surface area contributed by atoms with Crippen molar-refractivity contribution in [2.45, 2.75) is 12.8 Å². The van der Waals surface area contributed by atoms with Crippen molar-refractivity contribution in [3.05, 3.63) is 29.8 Å². The van der Waals surface area contributed by atoms with Gasteiger partial charge in [0.2, 0.25) is 0 Å². The van der Waals surface area contributed by atoms with Crippen LogP contribution in [0.1, 0.15) is 5.56 Å². The highest BCUT2D eigenvalue weighted by Crippen LogP contribution is 2.18. The lowest BCUT2D eigenvalue weighted by Gasteiger charge is -2.34. The van der Waals surface area contributed by atoms with E-state index in [9.17, 15) is 4.39 Å². The summed E-state index contributed by atoms with van der Waals surface area (Å²) < 4.78 is 17.9. The summed E-state index contributed by atoms with van der Waals surface area (Å²) in [5.74, 6) is 0. The van der Waals surface area contributed by atoms with Gasteiger partial charge in [-0.2, -0.15) is 0 Å². The van der Waals surface area contributed by atoms with E-state index in [4.69, 9.17) is 10.5 Å². The summed E-state index contributed by atoms with van der Waals surface area (Å²) in [5.41, 5.74) is 7.41. The van der Waals surface area contributed by atoms with Crippen molar-refractivity contribution in [1.82, 2.24) is 0 Å². The zero-order valence-corrected chi connectivity index (χ0v) is 9.23. The Morgan fingerprint density at radius 1 is 1.38 bits per heavy atom. The van der Waals surface area contributed by atoms with Crippen LogP contribution in [0.3, 0.4) is 0 Å². The van der Waals surface area contributed by atoms with Gasteiger partial charge in [-0.15, -0.1) is 0 Å². The van der Waals surface area contributed by atoms with E-state index in [2.05, 4.69) is 4.90 Å². The molecule has 0 amide bonds. The number of hydrogen-bond acceptors (Lipinski definition) is 3. The summed E-state index contributed by atoms with van der Waals surface area (Å²) in [6.07, 6.45) is 0.106. The number of nitrogens with two attached hydrogens (primary N) is 1. The van der Waals surface area contributed by atoms with E-state index in [1.54, 1.807) is 0 Å². The molecule has 1 atom stereocenters. The molecule has 1 heterocycles. The Labute approximate surface area is 95.0 Å².